The summed E-state index contributed by atoms with van der Waals surface area (Å²) >= 11 is 0. The van der Waals surface area contributed by atoms with Gasteiger partial charge >= 0.3 is 0 Å². The van der Waals surface area contributed by atoms with Crippen LogP contribution in [0.1, 0.15) is 37.4 Å². The second-order valence-corrected chi connectivity index (χ2v) is 4.08. The Morgan fingerprint density at radius 2 is 2.14 bits per heavy atom. The highest BCUT2D eigenvalue weighted by Crippen LogP contribution is 2.13. The third-order valence-corrected chi connectivity index (χ3v) is 2.65. The first-order valence-electron chi connectivity index (χ1n) is 5.40. The molecule has 1 aromatic heterocycles. The fourth-order valence-corrected chi connectivity index (χ4v) is 1.46. The molecular weight excluding hydrogens is 174 g/mol. The zero-order valence-electron chi connectivity index (χ0n) is 9.68. The number of hydrogen-bond acceptors (Lipinski definition) is 2. The molecule has 2 heteroatoms. The van der Waals surface area contributed by atoms with Gasteiger partial charge in [-0.15, -0.1) is 0 Å². The van der Waals surface area contributed by atoms with Crippen molar-refractivity contribution in [1.29, 1.82) is 0 Å². The monoisotopic (exact) mass is 195 g/mol. The normalized spacial score (nSPS) is 13.1. The summed E-state index contributed by atoms with van der Waals surface area (Å²) in [5, 5.41) is 3.45. The average Bonchev–Trinajstić information content (AvgIpc) is 2.45. The van der Waals surface area contributed by atoms with Crippen LogP contribution < -0.4 is 5.32 Å². The van der Waals surface area contributed by atoms with Crippen molar-refractivity contribution in [3.8, 4) is 0 Å². The first kappa shape index (κ1) is 11.3. The van der Waals surface area contributed by atoms with Crippen LogP contribution in [0.3, 0.4) is 0 Å². The van der Waals surface area contributed by atoms with Gasteiger partial charge in [0.05, 0.1) is 0 Å². The Labute approximate surface area is 86.7 Å². The molecule has 0 amide bonds. The average molecular weight is 195 g/mol. The van der Waals surface area contributed by atoms with E-state index in [0.717, 1.165) is 30.5 Å². The number of nitrogens with one attached hydrogen (secondary N) is 1. The molecular formula is C12H21NO. The predicted octanol–water partition coefficient (Wildman–Crippen LogP) is 3.03. The zero-order chi connectivity index (χ0) is 10.6. The van der Waals surface area contributed by atoms with Gasteiger partial charge < -0.3 is 9.73 Å². The Balaban J connectivity index is 2.34. The van der Waals surface area contributed by atoms with E-state index in [4.69, 9.17) is 4.42 Å². The highest BCUT2D eigenvalue weighted by atomic mass is 16.3. The Morgan fingerprint density at radius 3 is 2.64 bits per heavy atom. The van der Waals surface area contributed by atoms with Crippen LogP contribution in [0, 0.1) is 19.8 Å². The smallest absolute Gasteiger partial charge is 0.105 e. The van der Waals surface area contributed by atoms with E-state index in [9.17, 15) is 0 Å². The minimum Gasteiger partial charge on any atom is -0.466 e. The second kappa shape index (κ2) is 5.20. The topological polar surface area (TPSA) is 25.2 Å². The maximum Gasteiger partial charge on any atom is 0.105 e. The fourth-order valence-electron chi connectivity index (χ4n) is 1.46. The van der Waals surface area contributed by atoms with Crippen molar-refractivity contribution >= 4 is 0 Å². The van der Waals surface area contributed by atoms with Crippen LogP contribution in [0.15, 0.2) is 10.5 Å². The number of furan rings is 1. The van der Waals surface area contributed by atoms with Crippen molar-refractivity contribution in [2.24, 2.45) is 5.92 Å². The number of aryl methyl sites for hydroxylation is 2. The summed E-state index contributed by atoms with van der Waals surface area (Å²) in [6, 6.07) is 2.11. The molecule has 0 aliphatic heterocycles. The van der Waals surface area contributed by atoms with Crippen molar-refractivity contribution in [2.75, 3.05) is 6.54 Å². The third kappa shape index (κ3) is 3.18. The molecule has 2 nitrogen and oxygen atoms in total. The van der Waals surface area contributed by atoms with Crippen LogP contribution in [-0.2, 0) is 6.54 Å². The molecule has 14 heavy (non-hydrogen) atoms. The van der Waals surface area contributed by atoms with Crippen LogP contribution in [0.2, 0.25) is 0 Å². The van der Waals surface area contributed by atoms with Gasteiger partial charge in [-0.2, -0.15) is 0 Å². The second-order valence-electron chi connectivity index (χ2n) is 4.08. The van der Waals surface area contributed by atoms with Gasteiger partial charge in [0.2, 0.25) is 0 Å². The molecule has 1 heterocycles. The third-order valence-electron chi connectivity index (χ3n) is 2.65. The van der Waals surface area contributed by atoms with Crippen molar-refractivity contribution in [3.63, 3.8) is 0 Å². The Kier molecular flexibility index (Phi) is 4.21. The van der Waals surface area contributed by atoms with Gasteiger partial charge in [-0.25, -0.2) is 0 Å². The molecule has 0 aromatic carbocycles. The van der Waals surface area contributed by atoms with E-state index >= 15 is 0 Å². The molecule has 1 atom stereocenters. The molecule has 1 aromatic rings. The van der Waals surface area contributed by atoms with Crippen LogP contribution >= 0.6 is 0 Å². The van der Waals surface area contributed by atoms with Crippen molar-refractivity contribution < 1.29 is 4.42 Å². The summed E-state index contributed by atoms with van der Waals surface area (Å²) < 4.78 is 5.46. The zero-order valence-corrected chi connectivity index (χ0v) is 9.68. The standard InChI is InChI=1S/C12H21NO/c1-5-9(2)7-13-8-12-6-10(3)14-11(12)4/h6,9,13H,5,7-8H2,1-4H3. The highest BCUT2D eigenvalue weighted by molar-refractivity contribution is 5.19. The van der Waals surface area contributed by atoms with Gasteiger partial charge in [0.15, 0.2) is 0 Å². The molecule has 1 rings (SSSR count). The largest absolute Gasteiger partial charge is 0.466 e. The van der Waals surface area contributed by atoms with E-state index in [2.05, 4.69) is 25.2 Å². The summed E-state index contributed by atoms with van der Waals surface area (Å²) in [7, 11) is 0. The van der Waals surface area contributed by atoms with E-state index in [-0.39, 0.29) is 0 Å². The van der Waals surface area contributed by atoms with Crippen molar-refractivity contribution in [2.45, 2.75) is 40.7 Å². The van der Waals surface area contributed by atoms with Crippen molar-refractivity contribution in [3.05, 3.63) is 23.2 Å². The molecule has 0 spiro atoms. The van der Waals surface area contributed by atoms with E-state index < -0.39 is 0 Å². The van der Waals surface area contributed by atoms with Crippen LogP contribution in [0.25, 0.3) is 0 Å². The fraction of sp³-hybridized carbons (Fsp3) is 0.667. The first-order chi connectivity index (χ1) is 6.63. The Hall–Kier alpha value is -0.760. The first-order valence-corrected chi connectivity index (χ1v) is 5.40. The number of rotatable bonds is 5. The quantitative estimate of drug-likeness (QED) is 0.781. The molecule has 0 bridgehead atoms. The Morgan fingerprint density at radius 1 is 1.43 bits per heavy atom. The Bertz CT molecular complexity index is 278. The lowest BCUT2D eigenvalue weighted by Gasteiger charge is -2.09. The van der Waals surface area contributed by atoms with Crippen molar-refractivity contribution in [1.82, 2.24) is 5.32 Å². The molecule has 1 unspecified atom stereocenters. The van der Waals surface area contributed by atoms with Gasteiger partial charge in [0.1, 0.15) is 11.5 Å². The van der Waals surface area contributed by atoms with Crippen LogP contribution in [0.5, 0.6) is 0 Å². The summed E-state index contributed by atoms with van der Waals surface area (Å²) in [6.07, 6.45) is 1.23. The lowest BCUT2D eigenvalue weighted by molar-refractivity contribution is 0.484. The minimum absolute atomic E-state index is 0.753. The summed E-state index contributed by atoms with van der Waals surface area (Å²) in [4.78, 5) is 0. The van der Waals surface area contributed by atoms with E-state index in [1.165, 1.54) is 12.0 Å². The van der Waals surface area contributed by atoms with Gasteiger partial charge in [-0.05, 0) is 32.4 Å². The van der Waals surface area contributed by atoms with E-state index in [1.807, 2.05) is 13.8 Å². The molecule has 0 aliphatic rings. The SMILES string of the molecule is CCC(C)CNCc1cc(C)oc1C. The lowest BCUT2D eigenvalue weighted by atomic mass is 10.1. The summed E-state index contributed by atoms with van der Waals surface area (Å²) in [6.45, 7) is 10.5. The van der Waals surface area contributed by atoms with Gasteiger partial charge in [-0.3, -0.25) is 0 Å². The molecule has 0 radical (unpaired) electrons. The molecule has 0 aliphatic carbocycles. The maximum atomic E-state index is 5.46. The van der Waals surface area contributed by atoms with Gasteiger partial charge in [-0.1, -0.05) is 20.3 Å². The molecule has 80 valence electrons. The molecule has 0 saturated heterocycles. The lowest BCUT2D eigenvalue weighted by Crippen LogP contribution is -2.20. The molecule has 0 saturated carbocycles. The van der Waals surface area contributed by atoms with Crippen LogP contribution in [0.4, 0.5) is 0 Å². The van der Waals surface area contributed by atoms with Gasteiger partial charge in [0.25, 0.3) is 0 Å². The predicted molar refractivity (Wildman–Crippen MR) is 59.3 cm³/mol. The molecule has 0 fully saturated rings. The highest BCUT2D eigenvalue weighted by Gasteiger charge is 2.04. The summed E-state index contributed by atoms with van der Waals surface area (Å²) in [5.74, 6) is 2.80. The number of hydrogen-bond donors (Lipinski definition) is 1. The summed E-state index contributed by atoms with van der Waals surface area (Å²) in [5.41, 5.74) is 1.28. The maximum absolute atomic E-state index is 5.46. The van der Waals surface area contributed by atoms with Gasteiger partial charge in [0, 0.05) is 12.1 Å². The van der Waals surface area contributed by atoms with Crippen LogP contribution in [-0.4, -0.2) is 6.54 Å². The minimum atomic E-state index is 0.753. The molecule has 1 N–H and O–H groups in total. The van der Waals surface area contributed by atoms with E-state index in [0.29, 0.717) is 0 Å². The van der Waals surface area contributed by atoms with E-state index in [1.54, 1.807) is 0 Å².